The number of benzene rings is 2. The van der Waals surface area contributed by atoms with E-state index in [0.717, 1.165) is 11.3 Å². The Balaban J connectivity index is 2.03. The van der Waals surface area contributed by atoms with E-state index in [1.54, 1.807) is 12.1 Å². The minimum Gasteiger partial charge on any atom is -0.355 e. The smallest absolute Gasteiger partial charge is 0.255 e. The van der Waals surface area contributed by atoms with Crippen LogP contribution in [0, 0.1) is 6.92 Å². The molecule has 0 bridgehead atoms. The van der Waals surface area contributed by atoms with E-state index in [0.29, 0.717) is 23.5 Å². The van der Waals surface area contributed by atoms with Gasteiger partial charge in [0.15, 0.2) is 0 Å². The number of amides is 3. The summed E-state index contributed by atoms with van der Waals surface area (Å²) in [5, 5.41) is 5.56. The second-order valence-electron chi connectivity index (χ2n) is 6.47. The lowest BCUT2D eigenvalue weighted by Crippen LogP contribution is -2.40. The largest absolute Gasteiger partial charge is 0.355 e. The van der Waals surface area contributed by atoms with Crippen LogP contribution in [0.25, 0.3) is 0 Å². The normalized spacial score (nSPS) is 10.3. The molecule has 6 nitrogen and oxygen atoms in total. The van der Waals surface area contributed by atoms with Crippen molar-refractivity contribution in [1.82, 2.24) is 10.2 Å². The first-order valence-corrected chi connectivity index (χ1v) is 10.6. The molecule has 0 saturated heterocycles. The Kier molecular flexibility index (Phi) is 8.73. The molecule has 2 aromatic carbocycles. The van der Waals surface area contributed by atoms with Crippen LogP contribution < -0.4 is 10.6 Å². The van der Waals surface area contributed by atoms with E-state index in [1.807, 2.05) is 57.2 Å². The van der Waals surface area contributed by atoms with Gasteiger partial charge in [0.25, 0.3) is 5.91 Å². The quantitative estimate of drug-likeness (QED) is 0.618. The Morgan fingerprint density at radius 3 is 2.31 bits per heavy atom. The van der Waals surface area contributed by atoms with Gasteiger partial charge in [0.05, 0.1) is 17.9 Å². The highest BCUT2D eigenvalue weighted by atomic mass is 32.2. The maximum atomic E-state index is 12.9. The minimum absolute atomic E-state index is 0.0100. The van der Waals surface area contributed by atoms with Crippen LogP contribution >= 0.6 is 11.8 Å². The van der Waals surface area contributed by atoms with E-state index >= 15 is 0 Å². The summed E-state index contributed by atoms with van der Waals surface area (Å²) in [4.78, 5) is 39.3. The number of hydrogen-bond donors (Lipinski definition) is 2. The molecule has 3 amide bonds. The molecule has 0 heterocycles. The molecule has 0 spiro atoms. The lowest BCUT2D eigenvalue weighted by Gasteiger charge is -2.21. The van der Waals surface area contributed by atoms with Gasteiger partial charge in [-0.05, 0) is 45.0 Å². The number of rotatable bonds is 9. The molecule has 0 aliphatic rings. The zero-order valence-corrected chi connectivity index (χ0v) is 17.8. The number of thioether (sulfide) groups is 1. The van der Waals surface area contributed by atoms with Crippen LogP contribution in [0.2, 0.25) is 0 Å². The highest BCUT2D eigenvalue weighted by Gasteiger charge is 2.20. The van der Waals surface area contributed by atoms with Gasteiger partial charge in [0, 0.05) is 23.7 Å². The predicted molar refractivity (Wildman–Crippen MR) is 117 cm³/mol. The zero-order valence-electron chi connectivity index (χ0n) is 17.0. The Bertz CT molecular complexity index is 853. The monoisotopic (exact) mass is 413 g/mol. The van der Waals surface area contributed by atoms with Crippen LogP contribution in [-0.4, -0.2) is 48.0 Å². The molecule has 0 unspecified atom stereocenters. The van der Waals surface area contributed by atoms with Crippen molar-refractivity contribution >= 4 is 35.2 Å². The molecule has 7 heteroatoms. The second-order valence-corrected chi connectivity index (χ2v) is 7.49. The van der Waals surface area contributed by atoms with Crippen molar-refractivity contribution in [2.75, 3.05) is 30.7 Å². The molecule has 0 aliphatic heterocycles. The number of nitrogens with zero attached hydrogens (tertiary/aromatic N) is 1. The lowest BCUT2D eigenvalue weighted by atomic mass is 10.2. The first-order valence-electron chi connectivity index (χ1n) is 9.58. The molecule has 29 heavy (non-hydrogen) atoms. The van der Waals surface area contributed by atoms with Crippen LogP contribution in [0.4, 0.5) is 5.69 Å². The van der Waals surface area contributed by atoms with Gasteiger partial charge < -0.3 is 15.5 Å². The molecule has 0 aliphatic carbocycles. The molecule has 2 rings (SSSR count). The molecular formula is C22H27N3O3S. The molecule has 0 fully saturated rings. The van der Waals surface area contributed by atoms with Gasteiger partial charge >= 0.3 is 0 Å². The van der Waals surface area contributed by atoms with Gasteiger partial charge in [-0.25, -0.2) is 0 Å². The molecule has 154 valence electrons. The van der Waals surface area contributed by atoms with Crippen LogP contribution in [0.1, 0.15) is 29.8 Å². The van der Waals surface area contributed by atoms with Crippen molar-refractivity contribution in [3.05, 3.63) is 59.7 Å². The second kappa shape index (κ2) is 11.3. The number of anilines is 1. The topological polar surface area (TPSA) is 78.5 Å². The molecule has 0 atom stereocenters. The van der Waals surface area contributed by atoms with Crippen LogP contribution in [0.15, 0.2) is 53.4 Å². The summed E-state index contributed by atoms with van der Waals surface area (Å²) in [5.74, 6) is -0.373. The lowest BCUT2D eigenvalue weighted by molar-refractivity contribution is -0.121. The highest BCUT2D eigenvalue weighted by Crippen LogP contribution is 2.24. The summed E-state index contributed by atoms with van der Waals surface area (Å²) in [6, 6.07) is 14.7. The Morgan fingerprint density at radius 1 is 0.966 bits per heavy atom. The number of carbonyl (C=O) groups is 3. The van der Waals surface area contributed by atoms with E-state index in [2.05, 4.69) is 10.6 Å². The zero-order chi connectivity index (χ0) is 21.2. The summed E-state index contributed by atoms with van der Waals surface area (Å²) in [6.45, 7) is 6.61. The SMILES string of the molecule is CCNC(=O)CN(CC)C(=O)c1ccccc1SCC(=O)Nc1ccc(C)cc1. The number of nitrogens with one attached hydrogen (secondary N) is 2. The fraction of sp³-hybridized carbons (Fsp3) is 0.318. The van der Waals surface area contributed by atoms with Gasteiger partial charge in [-0.3, -0.25) is 14.4 Å². The van der Waals surface area contributed by atoms with Crippen molar-refractivity contribution < 1.29 is 14.4 Å². The van der Waals surface area contributed by atoms with E-state index in [9.17, 15) is 14.4 Å². The Labute approximate surface area is 176 Å². The van der Waals surface area contributed by atoms with Crippen molar-refractivity contribution in [1.29, 1.82) is 0 Å². The molecule has 0 radical (unpaired) electrons. The van der Waals surface area contributed by atoms with Crippen LogP contribution in [0.5, 0.6) is 0 Å². The minimum atomic E-state index is -0.221. The van der Waals surface area contributed by atoms with E-state index in [1.165, 1.54) is 16.7 Å². The van der Waals surface area contributed by atoms with Crippen molar-refractivity contribution in [3.8, 4) is 0 Å². The standard InChI is InChI=1S/C22H27N3O3S/c1-4-23-20(26)14-25(5-2)22(28)18-8-6-7-9-19(18)29-15-21(27)24-17-12-10-16(3)11-13-17/h6-13H,4-5,14-15H2,1-3H3,(H,23,26)(H,24,27). The van der Waals surface area contributed by atoms with E-state index < -0.39 is 0 Å². The summed E-state index contributed by atoms with van der Waals surface area (Å²) >= 11 is 1.30. The number of hydrogen-bond acceptors (Lipinski definition) is 4. The fourth-order valence-electron chi connectivity index (χ4n) is 2.67. The first-order chi connectivity index (χ1) is 13.9. The van der Waals surface area contributed by atoms with Gasteiger partial charge in [-0.2, -0.15) is 0 Å². The number of carbonyl (C=O) groups excluding carboxylic acids is 3. The molecular weight excluding hydrogens is 386 g/mol. The number of aryl methyl sites for hydroxylation is 1. The summed E-state index contributed by atoms with van der Waals surface area (Å²) < 4.78 is 0. The average molecular weight is 414 g/mol. The molecule has 2 N–H and O–H groups in total. The van der Waals surface area contributed by atoms with Gasteiger partial charge in [-0.15, -0.1) is 11.8 Å². The van der Waals surface area contributed by atoms with Crippen molar-refractivity contribution in [2.24, 2.45) is 0 Å². The predicted octanol–water partition coefficient (Wildman–Crippen LogP) is 3.32. The Hall–Kier alpha value is -2.80. The fourth-order valence-corrected chi connectivity index (χ4v) is 3.51. The first kappa shape index (κ1) is 22.5. The van der Waals surface area contributed by atoms with Gasteiger partial charge in [0.1, 0.15) is 0 Å². The summed E-state index contributed by atoms with van der Waals surface area (Å²) in [5.41, 5.74) is 2.36. The third-order valence-corrected chi connectivity index (χ3v) is 5.26. The average Bonchev–Trinajstić information content (AvgIpc) is 2.72. The van der Waals surface area contributed by atoms with E-state index in [-0.39, 0.29) is 30.0 Å². The maximum Gasteiger partial charge on any atom is 0.255 e. The van der Waals surface area contributed by atoms with E-state index in [4.69, 9.17) is 0 Å². The third-order valence-electron chi connectivity index (χ3n) is 4.19. The highest BCUT2D eigenvalue weighted by molar-refractivity contribution is 8.00. The van der Waals surface area contributed by atoms with Crippen molar-refractivity contribution in [3.63, 3.8) is 0 Å². The third kappa shape index (κ3) is 6.94. The molecule has 2 aromatic rings. The molecule has 0 saturated carbocycles. The van der Waals surface area contributed by atoms with Crippen LogP contribution in [0.3, 0.4) is 0 Å². The van der Waals surface area contributed by atoms with Crippen molar-refractivity contribution in [2.45, 2.75) is 25.7 Å². The number of likely N-dealkylation sites (N-methyl/N-ethyl adjacent to an activating group) is 2. The molecule has 0 aromatic heterocycles. The Morgan fingerprint density at radius 2 is 1.66 bits per heavy atom. The van der Waals surface area contributed by atoms with Gasteiger partial charge in [0.2, 0.25) is 11.8 Å². The van der Waals surface area contributed by atoms with Gasteiger partial charge in [-0.1, -0.05) is 29.8 Å². The summed E-state index contributed by atoms with van der Waals surface area (Å²) in [7, 11) is 0. The summed E-state index contributed by atoms with van der Waals surface area (Å²) in [6.07, 6.45) is 0. The van der Waals surface area contributed by atoms with Crippen LogP contribution in [-0.2, 0) is 9.59 Å². The maximum absolute atomic E-state index is 12.9.